The van der Waals surface area contributed by atoms with Crippen LogP contribution in [-0.4, -0.2) is 13.1 Å². The molecule has 76 valence electrons. The number of nitrogens with zero attached hydrogens (tertiary/aromatic N) is 1. The molecule has 0 amide bonds. The molecule has 0 saturated carbocycles. The van der Waals surface area contributed by atoms with Gasteiger partial charge in [-0.3, -0.25) is 0 Å². The lowest BCUT2D eigenvalue weighted by Gasteiger charge is -2.30. The number of rotatable bonds is 1. The molecule has 1 fully saturated rings. The SMILES string of the molecule is Cc1ccc(Br)cc1N1CCCCC1. The van der Waals surface area contributed by atoms with Gasteiger partial charge in [0.1, 0.15) is 0 Å². The van der Waals surface area contributed by atoms with Crippen molar-refractivity contribution in [2.75, 3.05) is 18.0 Å². The number of aryl methyl sites for hydroxylation is 1. The van der Waals surface area contributed by atoms with Crippen molar-refractivity contribution >= 4 is 21.6 Å². The third-order valence-electron chi connectivity index (χ3n) is 2.87. The summed E-state index contributed by atoms with van der Waals surface area (Å²) in [5.41, 5.74) is 2.79. The Morgan fingerprint density at radius 1 is 1.14 bits per heavy atom. The number of piperidine rings is 1. The fraction of sp³-hybridized carbons (Fsp3) is 0.500. The molecule has 0 radical (unpaired) electrons. The van der Waals surface area contributed by atoms with Crippen LogP contribution < -0.4 is 4.90 Å². The van der Waals surface area contributed by atoms with Crippen molar-refractivity contribution in [3.05, 3.63) is 28.2 Å². The normalized spacial score (nSPS) is 17.1. The molecule has 0 aromatic heterocycles. The Bertz CT molecular complexity index is 316. The first-order chi connectivity index (χ1) is 6.77. The maximum absolute atomic E-state index is 3.54. The zero-order chi connectivity index (χ0) is 9.97. The fourth-order valence-electron chi connectivity index (χ4n) is 2.06. The molecule has 1 aliphatic rings. The van der Waals surface area contributed by atoms with Gasteiger partial charge < -0.3 is 4.90 Å². The predicted molar refractivity (Wildman–Crippen MR) is 64.9 cm³/mol. The number of halogens is 1. The second-order valence-electron chi connectivity index (χ2n) is 3.98. The highest BCUT2D eigenvalue weighted by Gasteiger charge is 2.12. The molecule has 1 aromatic rings. The monoisotopic (exact) mass is 253 g/mol. The first kappa shape index (κ1) is 10.0. The number of benzene rings is 1. The Morgan fingerprint density at radius 3 is 2.57 bits per heavy atom. The van der Waals surface area contributed by atoms with Crippen LogP contribution >= 0.6 is 15.9 Å². The minimum Gasteiger partial charge on any atom is -0.371 e. The van der Waals surface area contributed by atoms with E-state index in [1.807, 2.05) is 0 Å². The van der Waals surface area contributed by atoms with Crippen LogP contribution in [0, 0.1) is 6.92 Å². The molecule has 2 heteroatoms. The van der Waals surface area contributed by atoms with E-state index in [4.69, 9.17) is 0 Å². The molecule has 2 rings (SSSR count). The number of hydrogen-bond acceptors (Lipinski definition) is 1. The van der Waals surface area contributed by atoms with E-state index in [0.29, 0.717) is 0 Å². The third kappa shape index (κ3) is 2.11. The molecular weight excluding hydrogens is 238 g/mol. The highest BCUT2D eigenvalue weighted by Crippen LogP contribution is 2.26. The number of hydrogen-bond donors (Lipinski definition) is 0. The lowest BCUT2D eigenvalue weighted by molar-refractivity contribution is 0.577. The van der Waals surface area contributed by atoms with Gasteiger partial charge in [-0.2, -0.15) is 0 Å². The summed E-state index contributed by atoms with van der Waals surface area (Å²) in [5.74, 6) is 0. The molecule has 1 heterocycles. The van der Waals surface area contributed by atoms with Crippen molar-refractivity contribution in [2.24, 2.45) is 0 Å². The molecule has 1 aliphatic heterocycles. The van der Waals surface area contributed by atoms with E-state index >= 15 is 0 Å². The molecule has 14 heavy (non-hydrogen) atoms. The van der Waals surface area contributed by atoms with Crippen molar-refractivity contribution < 1.29 is 0 Å². The second-order valence-corrected chi connectivity index (χ2v) is 4.89. The fourth-order valence-corrected chi connectivity index (χ4v) is 2.41. The Morgan fingerprint density at radius 2 is 1.86 bits per heavy atom. The van der Waals surface area contributed by atoms with Gasteiger partial charge in [-0.25, -0.2) is 0 Å². The Balaban J connectivity index is 2.24. The molecule has 1 saturated heterocycles. The summed E-state index contributed by atoms with van der Waals surface area (Å²) in [6.07, 6.45) is 4.07. The molecule has 0 bridgehead atoms. The zero-order valence-electron chi connectivity index (χ0n) is 8.59. The van der Waals surface area contributed by atoms with Crippen LogP contribution in [0.5, 0.6) is 0 Å². The standard InChI is InChI=1S/C12H16BrN/c1-10-5-6-11(13)9-12(10)14-7-3-2-4-8-14/h5-6,9H,2-4,7-8H2,1H3. The van der Waals surface area contributed by atoms with Crippen LogP contribution in [0.3, 0.4) is 0 Å². The molecule has 0 unspecified atom stereocenters. The van der Waals surface area contributed by atoms with Crippen LogP contribution in [0.25, 0.3) is 0 Å². The Hall–Kier alpha value is -0.500. The lowest BCUT2D eigenvalue weighted by atomic mass is 10.1. The second kappa shape index (κ2) is 4.35. The first-order valence-corrected chi connectivity index (χ1v) is 6.08. The minimum atomic E-state index is 1.18. The van der Waals surface area contributed by atoms with Crippen LogP contribution in [0.2, 0.25) is 0 Å². The third-order valence-corrected chi connectivity index (χ3v) is 3.36. The summed E-state index contributed by atoms with van der Waals surface area (Å²) in [6.45, 7) is 4.63. The first-order valence-electron chi connectivity index (χ1n) is 5.28. The predicted octanol–water partition coefficient (Wildman–Crippen LogP) is 3.75. The van der Waals surface area contributed by atoms with Gasteiger partial charge in [0, 0.05) is 23.2 Å². The van der Waals surface area contributed by atoms with Gasteiger partial charge in [0.05, 0.1) is 0 Å². The maximum atomic E-state index is 3.54. The highest BCUT2D eigenvalue weighted by atomic mass is 79.9. The van der Waals surface area contributed by atoms with Gasteiger partial charge in [-0.1, -0.05) is 22.0 Å². The van der Waals surface area contributed by atoms with Crippen LogP contribution in [0.15, 0.2) is 22.7 Å². The number of anilines is 1. The Kier molecular flexibility index (Phi) is 3.12. The average molecular weight is 254 g/mol. The van der Waals surface area contributed by atoms with Crippen LogP contribution in [0.1, 0.15) is 24.8 Å². The summed E-state index contributed by atoms with van der Waals surface area (Å²) in [7, 11) is 0. The van der Waals surface area contributed by atoms with Crippen LogP contribution in [-0.2, 0) is 0 Å². The summed E-state index contributed by atoms with van der Waals surface area (Å²) in [5, 5.41) is 0. The van der Waals surface area contributed by atoms with Crippen molar-refractivity contribution in [3.63, 3.8) is 0 Å². The molecule has 1 nitrogen and oxygen atoms in total. The Labute approximate surface area is 94.2 Å². The van der Waals surface area contributed by atoms with E-state index in [1.54, 1.807) is 0 Å². The largest absolute Gasteiger partial charge is 0.371 e. The van der Waals surface area contributed by atoms with Gasteiger partial charge in [0.25, 0.3) is 0 Å². The smallest absolute Gasteiger partial charge is 0.0407 e. The van der Waals surface area contributed by atoms with Gasteiger partial charge in [0.2, 0.25) is 0 Å². The van der Waals surface area contributed by atoms with E-state index < -0.39 is 0 Å². The molecule has 0 spiro atoms. The van der Waals surface area contributed by atoms with Gasteiger partial charge >= 0.3 is 0 Å². The summed E-state index contributed by atoms with van der Waals surface area (Å²) < 4.78 is 1.18. The molecule has 0 N–H and O–H groups in total. The van der Waals surface area contributed by atoms with Crippen LogP contribution in [0.4, 0.5) is 5.69 Å². The highest BCUT2D eigenvalue weighted by molar-refractivity contribution is 9.10. The lowest BCUT2D eigenvalue weighted by Crippen LogP contribution is -2.29. The minimum absolute atomic E-state index is 1.18. The molecule has 0 atom stereocenters. The van der Waals surface area contributed by atoms with Crippen molar-refractivity contribution in [3.8, 4) is 0 Å². The van der Waals surface area contributed by atoms with E-state index in [9.17, 15) is 0 Å². The van der Waals surface area contributed by atoms with Crippen molar-refractivity contribution in [1.82, 2.24) is 0 Å². The quantitative estimate of drug-likeness (QED) is 0.737. The molecule has 0 aliphatic carbocycles. The van der Waals surface area contributed by atoms with E-state index in [1.165, 1.54) is 48.1 Å². The average Bonchev–Trinajstić information content (AvgIpc) is 2.23. The summed E-state index contributed by atoms with van der Waals surface area (Å²) in [4.78, 5) is 2.50. The van der Waals surface area contributed by atoms with Gasteiger partial charge in [0.15, 0.2) is 0 Å². The maximum Gasteiger partial charge on any atom is 0.0407 e. The summed E-state index contributed by atoms with van der Waals surface area (Å²) >= 11 is 3.54. The van der Waals surface area contributed by atoms with Gasteiger partial charge in [-0.05, 0) is 43.9 Å². The van der Waals surface area contributed by atoms with E-state index in [-0.39, 0.29) is 0 Å². The molecular formula is C12H16BrN. The van der Waals surface area contributed by atoms with E-state index in [2.05, 4.69) is 46.0 Å². The van der Waals surface area contributed by atoms with Gasteiger partial charge in [-0.15, -0.1) is 0 Å². The van der Waals surface area contributed by atoms with E-state index in [0.717, 1.165) is 0 Å². The molecule has 1 aromatic carbocycles. The zero-order valence-corrected chi connectivity index (χ0v) is 10.2. The summed E-state index contributed by atoms with van der Waals surface area (Å²) in [6, 6.07) is 6.54. The van der Waals surface area contributed by atoms with Crippen molar-refractivity contribution in [2.45, 2.75) is 26.2 Å². The van der Waals surface area contributed by atoms with Crippen molar-refractivity contribution in [1.29, 1.82) is 0 Å². The topological polar surface area (TPSA) is 3.24 Å².